The Balaban J connectivity index is 2.08. The molecule has 1 aromatic carbocycles. The van der Waals surface area contributed by atoms with Crippen molar-refractivity contribution in [1.82, 2.24) is 10.3 Å². The van der Waals surface area contributed by atoms with Gasteiger partial charge in [0.2, 0.25) is 0 Å². The second kappa shape index (κ2) is 5.14. The molecule has 0 atom stereocenters. The molecule has 2 rings (SSSR count). The summed E-state index contributed by atoms with van der Waals surface area (Å²) in [5.41, 5.74) is -0.335. The maximum Gasteiger partial charge on any atom is 0.258 e. The molecule has 94 valence electrons. The zero-order valence-electron chi connectivity index (χ0n) is 9.61. The van der Waals surface area contributed by atoms with Crippen LogP contribution in [0.2, 0.25) is 0 Å². The highest BCUT2D eigenvalue weighted by Gasteiger charge is 2.16. The number of benzene rings is 1. The van der Waals surface area contributed by atoms with Crippen LogP contribution < -0.4 is 5.32 Å². The lowest BCUT2D eigenvalue weighted by molar-refractivity contribution is 0.0944. The number of nitrogens with zero attached hydrogens (tertiary/aromatic N) is 1. The Morgan fingerprint density at radius 3 is 2.94 bits per heavy atom. The number of phenolic OH excluding ortho intramolecular Hbond substituents is 1. The van der Waals surface area contributed by atoms with Crippen LogP contribution in [0.5, 0.6) is 5.75 Å². The van der Waals surface area contributed by atoms with Gasteiger partial charge in [-0.1, -0.05) is 6.07 Å². The van der Waals surface area contributed by atoms with Gasteiger partial charge in [0, 0.05) is 11.1 Å². The van der Waals surface area contributed by atoms with E-state index in [1.54, 1.807) is 6.20 Å². The predicted octanol–water partition coefficient (Wildman–Crippen LogP) is 2.23. The molecule has 0 aliphatic heterocycles. The topological polar surface area (TPSA) is 62.2 Å². The summed E-state index contributed by atoms with van der Waals surface area (Å²) in [7, 11) is 0. The normalized spacial score (nSPS) is 10.3. The third kappa shape index (κ3) is 2.65. The highest BCUT2D eigenvalue weighted by molar-refractivity contribution is 7.11. The van der Waals surface area contributed by atoms with Crippen LogP contribution in [0.15, 0.2) is 24.4 Å². The van der Waals surface area contributed by atoms with E-state index in [1.807, 2.05) is 6.92 Å². The van der Waals surface area contributed by atoms with Crippen molar-refractivity contribution < 1.29 is 14.3 Å². The molecule has 0 aliphatic rings. The number of carbonyl (C=O) groups is 1. The standard InChI is InChI=1S/C12H11FN2O2S/c1-7-14-5-8(18-7)6-15-12(17)11-9(13)3-2-4-10(11)16/h2-5,16H,6H2,1H3,(H,15,17). The highest BCUT2D eigenvalue weighted by atomic mass is 32.1. The molecule has 6 heteroatoms. The zero-order valence-corrected chi connectivity index (χ0v) is 10.4. The second-order valence-corrected chi connectivity index (χ2v) is 4.98. The molecule has 2 aromatic rings. The van der Waals surface area contributed by atoms with E-state index in [2.05, 4.69) is 10.3 Å². The minimum Gasteiger partial charge on any atom is -0.507 e. The fourth-order valence-electron chi connectivity index (χ4n) is 1.48. The quantitative estimate of drug-likeness (QED) is 0.895. The Labute approximate surface area is 107 Å². The SMILES string of the molecule is Cc1ncc(CNC(=O)c2c(O)cccc2F)s1. The van der Waals surface area contributed by atoms with Crippen LogP contribution in [0.4, 0.5) is 4.39 Å². The van der Waals surface area contributed by atoms with Crippen molar-refractivity contribution in [1.29, 1.82) is 0 Å². The maximum absolute atomic E-state index is 13.4. The van der Waals surface area contributed by atoms with Gasteiger partial charge in [0.05, 0.1) is 11.6 Å². The molecular formula is C12H11FN2O2S. The average Bonchev–Trinajstić information content (AvgIpc) is 2.72. The van der Waals surface area contributed by atoms with E-state index >= 15 is 0 Å². The summed E-state index contributed by atoms with van der Waals surface area (Å²) >= 11 is 1.45. The highest BCUT2D eigenvalue weighted by Crippen LogP contribution is 2.20. The fraction of sp³-hybridized carbons (Fsp3) is 0.167. The zero-order chi connectivity index (χ0) is 13.1. The Morgan fingerprint density at radius 1 is 1.56 bits per heavy atom. The summed E-state index contributed by atoms with van der Waals surface area (Å²) in [6, 6.07) is 3.74. The van der Waals surface area contributed by atoms with Gasteiger partial charge in [-0.15, -0.1) is 11.3 Å². The number of aromatic nitrogens is 1. The van der Waals surface area contributed by atoms with Gasteiger partial charge < -0.3 is 10.4 Å². The van der Waals surface area contributed by atoms with Crippen molar-refractivity contribution in [2.45, 2.75) is 13.5 Å². The first kappa shape index (κ1) is 12.5. The van der Waals surface area contributed by atoms with Crippen molar-refractivity contribution in [3.05, 3.63) is 45.7 Å². The van der Waals surface area contributed by atoms with Crippen LogP contribution in [-0.4, -0.2) is 16.0 Å². The number of amides is 1. The van der Waals surface area contributed by atoms with Crippen molar-refractivity contribution in [2.24, 2.45) is 0 Å². The van der Waals surface area contributed by atoms with E-state index < -0.39 is 11.7 Å². The van der Waals surface area contributed by atoms with E-state index in [9.17, 15) is 14.3 Å². The third-order valence-electron chi connectivity index (χ3n) is 2.31. The lowest BCUT2D eigenvalue weighted by Crippen LogP contribution is -2.23. The molecule has 1 aromatic heterocycles. The van der Waals surface area contributed by atoms with Crippen molar-refractivity contribution in [2.75, 3.05) is 0 Å². The van der Waals surface area contributed by atoms with Crippen LogP contribution in [0, 0.1) is 12.7 Å². The van der Waals surface area contributed by atoms with Crippen LogP contribution in [-0.2, 0) is 6.54 Å². The summed E-state index contributed by atoms with van der Waals surface area (Å²) in [6.45, 7) is 2.12. The van der Waals surface area contributed by atoms with E-state index in [1.165, 1.54) is 23.5 Å². The van der Waals surface area contributed by atoms with Gasteiger partial charge in [0.1, 0.15) is 17.1 Å². The van der Waals surface area contributed by atoms with Gasteiger partial charge in [-0.05, 0) is 19.1 Å². The molecule has 18 heavy (non-hydrogen) atoms. The minimum absolute atomic E-state index is 0.262. The van der Waals surface area contributed by atoms with Gasteiger partial charge in [0.25, 0.3) is 5.91 Å². The summed E-state index contributed by atoms with van der Waals surface area (Å²) in [5, 5.41) is 12.9. The van der Waals surface area contributed by atoms with Crippen LogP contribution >= 0.6 is 11.3 Å². The summed E-state index contributed by atoms with van der Waals surface area (Å²) in [5.74, 6) is -1.75. The summed E-state index contributed by atoms with van der Waals surface area (Å²) in [4.78, 5) is 16.7. The lowest BCUT2D eigenvalue weighted by atomic mass is 10.1. The molecule has 2 N–H and O–H groups in total. The third-order valence-corrected chi connectivity index (χ3v) is 3.22. The number of aryl methyl sites for hydroxylation is 1. The van der Waals surface area contributed by atoms with E-state index in [0.29, 0.717) is 0 Å². The molecule has 0 radical (unpaired) electrons. The van der Waals surface area contributed by atoms with Crippen molar-refractivity contribution >= 4 is 17.2 Å². The van der Waals surface area contributed by atoms with Crippen LogP contribution in [0.1, 0.15) is 20.2 Å². The average molecular weight is 266 g/mol. The van der Waals surface area contributed by atoms with Crippen molar-refractivity contribution in [3.8, 4) is 5.75 Å². The second-order valence-electron chi connectivity index (χ2n) is 3.66. The molecule has 0 unspecified atom stereocenters. The van der Waals surface area contributed by atoms with Crippen molar-refractivity contribution in [3.63, 3.8) is 0 Å². The van der Waals surface area contributed by atoms with E-state index in [0.717, 1.165) is 16.0 Å². The van der Waals surface area contributed by atoms with E-state index in [-0.39, 0.29) is 17.9 Å². The number of nitrogens with one attached hydrogen (secondary N) is 1. The lowest BCUT2D eigenvalue weighted by Gasteiger charge is -2.06. The first-order chi connectivity index (χ1) is 8.58. The predicted molar refractivity (Wildman–Crippen MR) is 66.1 cm³/mol. The molecule has 0 saturated heterocycles. The molecular weight excluding hydrogens is 255 g/mol. The summed E-state index contributed by atoms with van der Waals surface area (Å²) in [6.07, 6.45) is 1.65. The number of phenols is 1. The first-order valence-corrected chi connectivity index (χ1v) is 6.06. The van der Waals surface area contributed by atoms with E-state index in [4.69, 9.17) is 0 Å². The Bertz CT molecular complexity index is 563. The van der Waals surface area contributed by atoms with Gasteiger partial charge in [-0.3, -0.25) is 4.79 Å². The van der Waals surface area contributed by atoms with Gasteiger partial charge >= 0.3 is 0 Å². The van der Waals surface area contributed by atoms with Gasteiger partial charge in [-0.2, -0.15) is 0 Å². The number of hydrogen-bond acceptors (Lipinski definition) is 4. The van der Waals surface area contributed by atoms with Gasteiger partial charge in [-0.25, -0.2) is 9.37 Å². The number of thiazole rings is 1. The number of carbonyl (C=O) groups excluding carboxylic acids is 1. The number of rotatable bonds is 3. The monoisotopic (exact) mass is 266 g/mol. The van der Waals surface area contributed by atoms with Gasteiger partial charge in [0.15, 0.2) is 0 Å². The minimum atomic E-state index is -0.743. The van der Waals surface area contributed by atoms with Crippen LogP contribution in [0.3, 0.4) is 0 Å². The molecule has 4 nitrogen and oxygen atoms in total. The fourth-order valence-corrected chi connectivity index (χ4v) is 2.21. The molecule has 0 fully saturated rings. The number of hydrogen-bond donors (Lipinski definition) is 2. The number of aromatic hydroxyl groups is 1. The Kier molecular flexibility index (Phi) is 3.57. The number of halogens is 1. The molecule has 0 spiro atoms. The largest absolute Gasteiger partial charge is 0.507 e. The Morgan fingerprint density at radius 2 is 2.33 bits per heavy atom. The first-order valence-electron chi connectivity index (χ1n) is 5.25. The molecule has 0 bridgehead atoms. The molecule has 0 aliphatic carbocycles. The molecule has 0 saturated carbocycles. The van der Waals surface area contributed by atoms with Crippen LogP contribution in [0.25, 0.3) is 0 Å². The molecule has 1 amide bonds. The summed E-state index contributed by atoms with van der Waals surface area (Å²) < 4.78 is 13.4. The Hall–Kier alpha value is -1.95. The smallest absolute Gasteiger partial charge is 0.258 e. The maximum atomic E-state index is 13.4. The molecule has 1 heterocycles.